The first-order valence-corrected chi connectivity index (χ1v) is 9.03. The SMILES string of the molecule is CC(=O)Cc1ccc(OCCOCCOc2ccc(CC(C)=O)cc2)cc1. The van der Waals surface area contributed by atoms with Gasteiger partial charge in [0, 0.05) is 12.8 Å². The number of rotatable bonds is 12. The number of carbonyl (C=O) groups excluding carboxylic acids is 2. The Morgan fingerprint density at radius 2 is 1.00 bits per heavy atom. The third kappa shape index (κ3) is 8.51. The first-order valence-electron chi connectivity index (χ1n) is 9.03. The molecule has 0 aliphatic rings. The maximum absolute atomic E-state index is 11.1. The largest absolute Gasteiger partial charge is 0.491 e. The lowest BCUT2D eigenvalue weighted by molar-refractivity contribution is -0.117. The van der Waals surface area contributed by atoms with Gasteiger partial charge >= 0.3 is 0 Å². The Labute approximate surface area is 160 Å². The second-order valence-corrected chi connectivity index (χ2v) is 6.35. The summed E-state index contributed by atoms with van der Waals surface area (Å²) in [4.78, 5) is 22.1. The fourth-order valence-electron chi connectivity index (χ4n) is 2.52. The fourth-order valence-corrected chi connectivity index (χ4v) is 2.52. The van der Waals surface area contributed by atoms with Crippen LogP contribution in [0.5, 0.6) is 11.5 Å². The molecule has 5 nitrogen and oxygen atoms in total. The van der Waals surface area contributed by atoms with Gasteiger partial charge in [0.2, 0.25) is 0 Å². The van der Waals surface area contributed by atoms with Gasteiger partial charge in [0.25, 0.3) is 0 Å². The van der Waals surface area contributed by atoms with Crippen molar-refractivity contribution in [1.82, 2.24) is 0 Å². The van der Waals surface area contributed by atoms with Gasteiger partial charge in [-0.2, -0.15) is 0 Å². The van der Waals surface area contributed by atoms with Crippen LogP contribution in [0.3, 0.4) is 0 Å². The van der Waals surface area contributed by atoms with Crippen molar-refractivity contribution in [3.05, 3.63) is 59.7 Å². The highest BCUT2D eigenvalue weighted by Gasteiger charge is 2.00. The van der Waals surface area contributed by atoms with Gasteiger partial charge in [-0.1, -0.05) is 24.3 Å². The molecule has 27 heavy (non-hydrogen) atoms. The monoisotopic (exact) mass is 370 g/mol. The summed E-state index contributed by atoms with van der Waals surface area (Å²) < 4.78 is 16.7. The Bertz CT molecular complexity index is 656. The molecule has 0 unspecified atom stereocenters. The van der Waals surface area contributed by atoms with Crippen LogP contribution in [0.2, 0.25) is 0 Å². The Balaban J connectivity index is 1.55. The van der Waals surface area contributed by atoms with Crippen LogP contribution in [0.15, 0.2) is 48.5 Å². The van der Waals surface area contributed by atoms with E-state index in [0.29, 0.717) is 39.3 Å². The molecule has 2 rings (SSSR count). The quantitative estimate of drug-likeness (QED) is 0.536. The zero-order valence-electron chi connectivity index (χ0n) is 15.9. The third-order valence-electron chi connectivity index (χ3n) is 3.75. The molecule has 0 fully saturated rings. The molecule has 0 bridgehead atoms. The van der Waals surface area contributed by atoms with Gasteiger partial charge in [-0.3, -0.25) is 9.59 Å². The maximum atomic E-state index is 11.1. The minimum atomic E-state index is 0.145. The van der Waals surface area contributed by atoms with Crippen molar-refractivity contribution in [2.45, 2.75) is 26.7 Å². The molecule has 0 aromatic heterocycles. The summed E-state index contributed by atoms with van der Waals surface area (Å²) in [5, 5.41) is 0. The average Bonchev–Trinajstić information content (AvgIpc) is 2.63. The summed E-state index contributed by atoms with van der Waals surface area (Å²) in [5.74, 6) is 1.80. The summed E-state index contributed by atoms with van der Waals surface area (Å²) in [6.45, 7) is 4.99. The first-order chi connectivity index (χ1) is 13.0. The minimum Gasteiger partial charge on any atom is -0.491 e. The van der Waals surface area contributed by atoms with Crippen LogP contribution >= 0.6 is 0 Å². The van der Waals surface area contributed by atoms with Gasteiger partial charge in [0.1, 0.15) is 36.3 Å². The number of ketones is 2. The topological polar surface area (TPSA) is 61.8 Å². The van der Waals surface area contributed by atoms with E-state index in [0.717, 1.165) is 22.6 Å². The van der Waals surface area contributed by atoms with Crippen molar-refractivity contribution in [2.24, 2.45) is 0 Å². The van der Waals surface area contributed by atoms with Gasteiger partial charge in [-0.15, -0.1) is 0 Å². The zero-order chi connectivity index (χ0) is 19.5. The van der Waals surface area contributed by atoms with E-state index < -0.39 is 0 Å². The summed E-state index contributed by atoms with van der Waals surface area (Å²) in [7, 11) is 0. The summed E-state index contributed by atoms with van der Waals surface area (Å²) in [6.07, 6.45) is 0.895. The smallest absolute Gasteiger partial charge is 0.134 e. The molecule has 0 aliphatic carbocycles. The molecule has 144 valence electrons. The van der Waals surface area contributed by atoms with Crippen LogP contribution in [0.4, 0.5) is 0 Å². The number of Topliss-reactive ketones (excluding diaryl/α,β-unsaturated/α-hetero) is 2. The molecule has 0 N–H and O–H groups in total. The Hall–Kier alpha value is -2.66. The van der Waals surface area contributed by atoms with E-state index in [9.17, 15) is 9.59 Å². The Kier molecular flexibility index (Phi) is 8.52. The molecule has 0 spiro atoms. The number of ether oxygens (including phenoxy) is 3. The van der Waals surface area contributed by atoms with Gasteiger partial charge in [0.05, 0.1) is 13.2 Å². The molecule has 0 aliphatic heterocycles. The van der Waals surface area contributed by atoms with Crippen LogP contribution < -0.4 is 9.47 Å². The molecule has 2 aromatic rings. The summed E-state index contributed by atoms with van der Waals surface area (Å²) in [6, 6.07) is 15.0. The molecule has 0 heterocycles. The predicted molar refractivity (Wildman–Crippen MR) is 103 cm³/mol. The highest BCUT2D eigenvalue weighted by atomic mass is 16.5. The van der Waals surface area contributed by atoms with Crippen LogP contribution in [-0.4, -0.2) is 38.0 Å². The van der Waals surface area contributed by atoms with E-state index in [1.54, 1.807) is 13.8 Å². The fraction of sp³-hybridized carbons (Fsp3) is 0.364. The Morgan fingerprint density at radius 1 is 0.630 bits per heavy atom. The number of hydrogen-bond donors (Lipinski definition) is 0. The molecule has 0 saturated carbocycles. The molecular weight excluding hydrogens is 344 g/mol. The van der Waals surface area contributed by atoms with E-state index in [4.69, 9.17) is 14.2 Å². The van der Waals surface area contributed by atoms with Crippen LogP contribution in [0.25, 0.3) is 0 Å². The second kappa shape index (κ2) is 11.1. The lowest BCUT2D eigenvalue weighted by Gasteiger charge is -2.09. The van der Waals surface area contributed by atoms with Gasteiger partial charge in [-0.25, -0.2) is 0 Å². The minimum absolute atomic E-state index is 0.145. The summed E-state index contributed by atoms with van der Waals surface area (Å²) in [5.41, 5.74) is 1.97. The first kappa shape index (κ1) is 20.6. The van der Waals surface area contributed by atoms with Gasteiger partial charge < -0.3 is 14.2 Å². The van der Waals surface area contributed by atoms with Crippen molar-refractivity contribution in [1.29, 1.82) is 0 Å². The lowest BCUT2D eigenvalue weighted by Crippen LogP contribution is -2.12. The number of hydrogen-bond acceptors (Lipinski definition) is 5. The molecule has 2 aromatic carbocycles. The van der Waals surface area contributed by atoms with Gasteiger partial charge in [0.15, 0.2) is 0 Å². The van der Waals surface area contributed by atoms with Crippen molar-refractivity contribution in [2.75, 3.05) is 26.4 Å². The van der Waals surface area contributed by atoms with E-state index in [1.165, 1.54) is 0 Å². The lowest BCUT2D eigenvalue weighted by atomic mass is 10.1. The molecular formula is C22H26O5. The van der Waals surface area contributed by atoms with E-state index in [-0.39, 0.29) is 11.6 Å². The second-order valence-electron chi connectivity index (χ2n) is 6.35. The Morgan fingerprint density at radius 3 is 1.33 bits per heavy atom. The normalized spacial score (nSPS) is 10.4. The van der Waals surface area contributed by atoms with Crippen molar-refractivity contribution in [3.8, 4) is 11.5 Å². The molecule has 5 heteroatoms. The van der Waals surface area contributed by atoms with E-state index in [1.807, 2.05) is 48.5 Å². The molecule has 0 atom stereocenters. The van der Waals surface area contributed by atoms with E-state index in [2.05, 4.69) is 0 Å². The van der Waals surface area contributed by atoms with Crippen LogP contribution in [0.1, 0.15) is 25.0 Å². The highest BCUT2D eigenvalue weighted by Crippen LogP contribution is 2.13. The van der Waals surface area contributed by atoms with Gasteiger partial charge in [-0.05, 0) is 49.2 Å². The molecule has 0 amide bonds. The zero-order valence-corrected chi connectivity index (χ0v) is 15.9. The third-order valence-corrected chi connectivity index (χ3v) is 3.75. The van der Waals surface area contributed by atoms with E-state index >= 15 is 0 Å². The molecule has 0 saturated heterocycles. The van der Waals surface area contributed by atoms with Crippen LogP contribution in [0, 0.1) is 0 Å². The highest BCUT2D eigenvalue weighted by molar-refractivity contribution is 5.78. The van der Waals surface area contributed by atoms with Crippen molar-refractivity contribution >= 4 is 11.6 Å². The van der Waals surface area contributed by atoms with Crippen molar-refractivity contribution in [3.63, 3.8) is 0 Å². The van der Waals surface area contributed by atoms with Crippen molar-refractivity contribution < 1.29 is 23.8 Å². The van der Waals surface area contributed by atoms with Crippen LogP contribution in [-0.2, 0) is 27.2 Å². The number of benzene rings is 2. The summed E-state index contributed by atoms with van der Waals surface area (Å²) >= 11 is 0. The molecule has 0 radical (unpaired) electrons. The number of carbonyl (C=O) groups is 2. The standard InChI is InChI=1S/C22H26O5/c1-17(23)15-19-3-7-21(8-4-19)26-13-11-25-12-14-27-22-9-5-20(6-10-22)16-18(2)24/h3-10H,11-16H2,1-2H3. The predicted octanol–water partition coefficient (Wildman–Crippen LogP) is 3.42. The average molecular weight is 370 g/mol. The maximum Gasteiger partial charge on any atom is 0.134 e.